The molecule has 31 heavy (non-hydrogen) atoms. The van der Waals surface area contributed by atoms with E-state index in [-0.39, 0.29) is 11.4 Å². The predicted molar refractivity (Wildman–Crippen MR) is 115 cm³/mol. The lowest BCUT2D eigenvalue weighted by atomic mass is 9.94. The zero-order valence-electron chi connectivity index (χ0n) is 17.1. The highest BCUT2D eigenvalue weighted by atomic mass is 32.2. The molecule has 2 aliphatic rings. The average molecular weight is 441 g/mol. The Balaban J connectivity index is 1.33. The van der Waals surface area contributed by atoms with E-state index in [0.717, 1.165) is 36.9 Å². The van der Waals surface area contributed by atoms with Gasteiger partial charge in [0.15, 0.2) is 11.5 Å². The summed E-state index contributed by atoms with van der Waals surface area (Å²) in [4.78, 5) is 4.26. The summed E-state index contributed by atoms with van der Waals surface area (Å²) in [5.41, 5.74) is 4.50. The minimum atomic E-state index is -3.67. The van der Waals surface area contributed by atoms with Gasteiger partial charge in [0.2, 0.25) is 10.0 Å². The molecule has 3 aromatic rings. The van der Waals surface area contributed by atoms with Crippen LogP contribution < -0.4 is 14.2 Å². The lowest BCUT2D eigenvalue weighted by molar-refractivity contribution is 0.171. The number of hydrogen-bond donors (Lipinski definition) is 1. The van der Waals surface area contributed by atoms with E-state index in [1.807, 2.05) is 16.8 Å². The molecule has 0 atom stereocenters. The van der Waals surface area contributed by atoms with Gasteiger partial charge >= 0.3 is 0 Å². The van der Waals surface area contributed by atoms with Crippen molar-refractivity contribution in [2.24, 2.45) is 0 Å². The van der Waals surface area contributed by atoms with Crippen molar-refractivity contribution >= 4 is 10.0 Å². The fourth-order valence-corrected chi connectivity index (χ4v) is 5.19. The van der Waals surface area contributed by atoms with Gasteiger partial charge in [-0.1, -0.05) is 0 Å². The third-order valence-electron chi connectivity index (χ3n) is 5.65. The number of hydrogen-bond acceptors (Lipinski definition) is 6. The number of aromatic nitrogens is 3. The average Bonchev–Trinajstić information content (AvgIpc) is 3.18. The van der Waals surface area contributed by atoms with E-state index in [0.29, 0.717) is 31.3 Å². The van der Waals surface area contributed by atoms with Gasteiger partial charge in [-0.2, -0.15) is 5.10 Å². The Kier molecular flexibility index (Phi) is 5.37. The summed E-state index contributed by atoms with van der Waals surface area (Å²) in [5, 5.41) is 4.83. The first-order valence-electron chi connectivity index (χ1n) is 10.5. The Bertz CT molecular complexity index is 1190. The highest BCUT2D eigenvalue weighted by Crippen LogP contribution is 2.33. The van der Waals surface area contributed by atoms with Crippen molar-refractivity contribution in [3.63, 3.8) is 0 Å². The summed E-state index contributed by atoms with van der Waals surface area (Å²) in [6, 6.07) is 8.60. The van der Waals surface area contributed by atoms with Crippen LogP contribution in [0.4, 0.5) is 0 Å². The second-order valence-corrected chi connectivity index (χ2v) is 9.41. The molecule has 0 saturated carbocycles. The van der Waals surface area contributed by atoms with Crippen LogP contribution in [-0.4, -0.2) is 42.9 Å². The predicted octanol–water partition coefficient (Wildman–Crippen LogP) is 2.57. The van der Waals surface area contributed by atoms with Crippen LogP contribution >= 0.6 is 0 Å². The molecular formula is C22H24N4O4S. The monoisotopic (exact) mass is 440 g/mol. The summed E-state index contributed by atoms with van der Waals surface area (Å²) in [6.45, 7) is 1.60. The van der Waals surface area contributed by atoms with Crippen LogP contribution in [0, 0.1) is 0 Å². The van der Waals surface area contributed by atoms with E-state index in [2.05, 4.69) is 9.71 Å². The second kappa shape index (κ2) is 8.32. The zero-order chi connectivity index (χ0) is 21.3. The summed E-state index contributed by atoms with van der Waals surface area (Å²) < 4.78 is 41.2. The fourth-order valence-electron chi connectivity index (χ4n) is 4.16. The van der Waals surface area contributed by atoms with E-state index in [4.69, 9.17) is 14.6 Å². The van der Waals surface area contributed by atoms with Crippen molar-refractivity contribution in [1.29, 1.82) is 0 Å². The Morgan fingerprint density at radius 2 is 1.77 bits per heavy atom. The molecule has 0 unspecified atom stereocenters. The van der Waals surface area contributed by atoms with E-state index < -0.39 is 10.0 Å². The molecule has 8 nitrogen and oxygen atoms in total. The first-order valence-corrected chi connectivity index (χ1v) is 12.0. The Morgan fingerprint density at radius 3 is 2.61 bits per heavy atom. The Morgan fingerprint density at radius 1 is 1.00 bits per heavy atom. The van der Waals surface area contributed by atoms with Crippen molar-refractivity contribution in [3.05, 3.63) is 54.0 Å². The van der Waals surface area contributed by atoms with Gasteiger partial charge in [0.25, 0.3) is 0 Å². The van der Waals surface area contributed by atoms with Crippen LogP contribution in [0.1, 0.15) is 24.1 Å². The molecule has 0 radical (unpaired) electrons. The Labute approximate surface area is 181 Å². The van der Waals surface area contributed by atoms with Crippen LogP contribution in [0.3, 0.4) is 0 Å². The maximum atomic E-state index is 12.8. The minimum absolute atomic E-state index is 0.164. The van der Waals surface area contributed by atoms with E-state index in [1.54, 1.807) is 18.5 Å². The topological polar surface area (TPSA) is 95.3 Å². The number of rotatable bonds is 6. The van der Waals surface area contributed by atoms with Crippen molar-refractivity contribution < 1.29 is 17.9 Å². The van der Waals surface area contributed by atoms with Crippen molar-refractivity contribution in [3.8, 4) is 22.8 Å². The molecule has 162 valence electrons. The standard InChI is InChI=1S/C22H24N4O4S/c27-31(28,17-5-6-20-21(15-17)30-14-13-29-20)24-11-12-26-19-4-2-1-3-18(19)22(25-26)16-7-9-23-10-8-16/h5-10,15,24H,1-4,11-14H2. The molecular weight excluding hydrogens is 416 g/mol. The highest BCUT2D eigenvalue weighted by molar-refractivity contribution is 7.89. The molecule has 0 saturated heterocycles. The number of ether oxygens (including phenoxy) is 2. The number of pyridine rings is 1. The summed E-state index contributed by atoms with van der Waals surface area (Å²) in [6.07, 6.45) is 7.76. The van der Waals surface area contributed by atoms with Crippen LogP contribution in [0.5, 0.6) is 11.5 Å². The molecule has 1 aromatic carbocycles. The second-order valence-electron chi connectivity index (χ2n) is 7.64. The molecule has 3 heterocycles. The van der Waals surface area contributed by atoms with Gasteiger partial charge in [-0.3, -0.25) is 9.67 Å². The third kappa shape index (κ3) is 4.03. The van der Waals surface area contributed by atoms with E-state index in [1.165, 1.54) is 23.4 Å². The summed E-state index contributed by atoms with van der Waals surface area (Å²) >= 11 is 0. The normalized spacial score (nSPS) is 15.5. The molecule has 2 aromatic heterocycles. The molecule has 9 heteroatoms. The molecule has 5 rings (SSSR count). The number of benzene rings is 1. The SMILES string of the molecule is O=S(=O)(NCCn1nc(-c2ccncc2)c2c1CCCC2)c1ccc2c(c1)OCCO2. The van der Waals surface area contributed by atoms with Crippen molar-refractivity contribution in [1.82, 2.24) is 19.5 Å². The lowest BCUT2D eigenvalue weighted by Gasteiger charge is -2.19. The number of nitrogens with zero attached hydrogens (tertiary/aromatic N) is 3. The van der Waals surface area contributed by atoms with E-state index >= 15 is 0 Å². The van der Waals surface area contributed by atoms with Crippen LogP contribution in [-0.2, 0) is 29.4 Å². The maximum absolute atomic E-state index is 12.8. The molecule has 1 N–H and O–H groups in total. The molecule has 0 amide bonds. The minimum Gasteiger partial charge on any atom is -0.486 e. The van der Waals surface area contributed by atoms with Crippen LogP contribution in [0.25, 0.3) is 11.3 Å². The first-order chi connectivity index (χ1) is 15.1. The first kappa shape index (κ1) is 20.0. The number of sulfonamides is 1. The zero-order valence-corrected chi connectivity index (χ0v) is 17.9. The summed E-state index contributed by atoms with van der Waals surface area (Å²) in [7, 11) is -3.67. The fraction of sp³-hybridized carbons (Fsp3) is 0.364. The summed E-state index contributed by atoms with van der Waals surface area (Å²) in [5.74, 6) is 1.02. The van der Waals surface area contributed by atoms with E-state index in [9.17, 15) is 8.42 Å². The molecule has 0 bridgehead atoms. The third-order valence-corrected chi connectivity index (χ3v) is 7.11. The highest BCUT2D eigenvalue weighted by Gasteiger charge is 2.23. The van der Waals surface area contributed by atoms with Crippen LogP contribution in [0.2, 0.25) is 0 Å². The van der Waals surface area contributed by atoms with Gasteiger partial charge < -0.3 is 9.47 Å². The van der Waals surface area contributed by atoms with Crippen molar-refractivity contribution in [2.45, 2.75) is 37.1 Å². The lowest BCUT2D eigenvalue weighted by Crippen LogP contribution is -2.28. The van der Waals surface area contributed by atoms with Gasteiger partial charge in [-0.25, -0.2) is 13.1 Å². The molecule has 0 spiro atoms. The number of nitrogens with one attached hydrogen (secondary N) is 1. The van der Waals surface area contributed by atoms with Crippen molar-refractivity contribution in [2.75, 3.05) is 19.8 Å². The maximum Gasteiger partial charge on any atom is 0.240 e. The van der Waals surface area contributed by atoms with Gasteiger partial charge in [-0.15, -0.1) is 0 Å². The Hall–Kier alpha value is -2.91. The van der Waals surface area contributed by atoms with Gasteiger partial charge in [0.05, 0.1) is 17.1 Å². The smallest absolute Gasteiger partial charge is 0.240 e. The van der Waals surface area contributed by atoms with Crippen LogP contribution in [0.15, 0.2) is 47.6 Å². The largest absolute Gasteiger partial charge is 0.486 e. The number of fused-ring (bicyclic) bond motifs is 2. The molecule has 1 aliphatic heterocycles. The van der Waals surface area contributed by atoms with Gasteiger partial charge in [0, 0.05) is 41.8 Å². The van der Waals surface area contributed by atoms with Gasteiger partial charge in [-0.05, 0) is 49.9 Å². The molecule has 0 fully saturated rings. The molecule has 1 aliphatic carbocycles. The quantitative estimate of drug-likeness (QED) is 0.633. The van der Waals surface area contributed by atoms with Gasteiger partial charge in [0.1, 0.15) is 13.2 Å².